The largest absolute Gasteiger partial charge is 0.324 e. The van der Waals surface area contributed by atoms with Crippen LogP contribution >= 0.6 is 11.6 Å². The molecule has 2 rings (SSSR count). The highest BCUT2D eigenvalue weighted by molar-refractivity contribution is 6.29. The molecule has 4 heteroatoms. The molecule has 1 aromatic heterocycles. The first-order valence-corrected chi connectivity index (χ1v) is 6.71. The predicted molar refractivity (Wildman–Crippen MR) is 78.1 cm³/mol. The number of hydrogen-bond donors (Lipinski definition) is 1. The van der Waals surface area contributed by atoms with Gasteiger partial charge in [0.15, 0.2) is 0 Å². The molecule has 100 valence electrons. The number of hydrogen-bond acceptors (Lipinski definition) is 2. The summed E-state index contributed by atoms with van der Waals surface area (Å²) in [7, 11) is 0. The lowest BCUT2D eigenvalue weighted by atomic mass is 9.78. The van der Waals surface area contributed by atoms with Crippen molar-refractivity contribution in [1.29, 1.82) is 0 Å². The van der Waals surface area contributed by atoms with Crippen LogP contribution in [0.2, 0.25) is 5.15 Å². The van der Waals surface area contributed by atoms with Crippen molar-refractivity contribution >= 4 is 23.2 Å². The number of carbonyl (C=O) groups excluding carboxylic acids is 1. The Kier molecular flexibility index (Phi) is 4.05. The molecule has 3 nitrogen and oxygen atoms in total. The molecule has 1 aromatic rings. The maximum absolute atomic E-state index is 12.5. The van der Waals surface area contributed by atoms with Gasteiger partial charge in [-0.1, -0.05) is 43.7 Å². The zero-order chi connectivity index (χ0) is 13.9. The van der Waals surface area contributed by atoms with Gasteiger partial charge in [-0.05, 0) is 30.5 Å². The lowest BCUT2D eigenvalue weighted by Crippen LogP contribution is -2.34. The molecule has 0 aliphatic heterocycles. The molecule has 1 fully saturated rings. The molecule has 1 amide bonds. The Morgan fingerprint density at radius 3 is 2.63 bits per heavy atom. The second kappa shape index (κ2) is 5.57. The summed E-state index contributed by atoms with van der Waals surface area (Å²) in [6, 6.07) is 3.40. The minimum absolute atomic E-state index is 0.0287. The Morgan fingerprint density at radius 1 is 1.42 bits per heavy atom. The second-order valence-electron chi connectivity index (χ2n) is 4.84. The maximum Gasteiger partial charge on any atom is 0.235 e. The van der Waals surface area contributed by atoms with E-state index < -0.39 is 5.41 Å². The van der Waals surface area contributed by atoms with Crippen LogP contribution in [0.1, 0.15) is 25.7 Å². The van der Waals surface area contributed by atoms with Gasteiger partial charge in [0, 0.05) is 0 Å². The van der Waals surface area contributed by atoms with E-state index in [1.807, 2.05) is 0 Å². The minimum Gasteiger partial charge on any atom is -0.324 e. The average Bonchev–Trinajstić information content (AvgIpc) is 2.91. The van der Waals surface area contributed by atoms with Crippen molar-refractivity contribution < 1.29 is 4.79 Å². The van der Waals surface area contributed by atoms with Crippen LogP contribution in [0.5, 0.6) is 0 Å². The van der Waals surface area contributed by atoms with E-state index >= 15 is 0 Å². The first-order valence-electron chi connectivity index (χ1n) is 6.33. The number of rotatable bonds is 4. The van der Waals surface area contributed by atoms with Crippen LogP contribution in [0.15, 0.2) is 43.1 Å². The highest BCUT2D eigenvalue weighted by atomic mass is 35.5. The van der Waals surface area contributed by atoms with Crippen molar-refractivity contribution in [2.75, 3.05) is 5.32 Å². The monoisotopic (exact) mass is 276 g/mol. The first-order chi connectivity index (χ1) is 9.08. The molecule has 0 aromatic carbocycles. The van der Waals surface area contributed by atoms with E-state index in [0.29, 0.717) is 10.8 Å². The third-order valence-corrected chi connectivity index (χ3v) is 3.96. The lowest BCUT2D eigenvalue weighted by Gasteiger charge is -2.28. The topological polar surface area (TPSA) is 42.0 Å². The summed E-state index contributed by atoms with van der Waals surface area (Å²) >= 11 is 5.72. The predicted octanol–water partition coefficient (Wildman–Crippen LogP) is 3.98. The highest BCUT2D eigenvalue weighted by Gasteiger charge is 2.42. The Balaban J connectivity index is 2.19. The Hall–Kier alpha value is -1.61. The SMILES string of the molecule is C=CC(=C)C1(C(=O)Nc2ccc(Cl)nc2)CCCC1. The van der Waals surface area contributed by atoms with Gasteiger partial charge in [-0.2, -0.15) is 0 Å². The molecule has 0 unspecified atom stereocenters. The highest BCUT2D eigenvalue weighted by Crippen LogP contribution is 2.44. The van der Waals surface area contributed by atoms with Crippen LogP contribution in [0.25, 0.3) is 0 Å². The van der Waals surface area contributed by atoms with Gasteiger partial charge in [0.2, 0.25) is 5.91 Å². The minimum atomic E-state index is -0.513. The van der Waals surface area contributed by atoms with Crippen molar-refractivity contribution in [3.63, 3.8) is 0 Å². The van der Waals surface area contributed by atoms with Gasteiger partial charge in [-0.15, -0.1) is 0 Å². The van der Waals surface area contributed by atoms with Crippen molar-refractivity contribution in [1.82, 2.24) is 4.98 Å². The number of pyridine rings is 1. The summed E-state index contributed by atoms with van der Waals surface area (Å²) in [5.74, 6) is -0.0287. The molecule has 0 radical (unpaired) electrons. The molecule has 1 N–H and O–H groups in total. The molecular weight excluding hydrogens is 260 g/mol. The summed E-state index contributed by atoms with van der Waals surface area (Å²) < 4.78 is 0. The fraction of sp³-hybridized carbons (Fsp3) is 0.333. The molecule has 0 atom stereocenters. The molecule has 1 aliphatic rings. The number of nitrogens with one attached hydrogen (secondary N) is 1. The summed E-state index contributed by atoms with van der Waals surface area (Å²) in [5, 5.41) is 3.30. The molecule has 0 saturated heterocycles. The van der Waals surface area contributed by atoms with E-state index in [2.05, 4.69) is 23.5 Å². The van der Waals surface area contributed by atoms with Gasteiger partial charge in [0.1, 0.15) is 5.15 Å². The molecule has 1 saturated carbocycles. The van der Waals surface area contributed by atoms with E-state index in [9.17, 15) is 4.79 Å². The van der Waals surface area contributed by atoms with E-state index in [1.54, 1.807) is 24.4 Å². The van der Waals surface area contributed by atoms with Gasteiger partial charge >= 0.3 is 0 Å². The second-order valence-corrected chi connectivity index (χ2v) is 5.23. The lowest BCUT2D eigenvalue weighted by molar-refractivity contribution is -0.123. The number of anilines is 1. The van der Waals surface area contributed by atoms with Crippen molar-refractivity contribution in [2.45, 2.75) is 25.7 Å². The number of amides is 1. The average molecular weight is 277 g/mol. The van der Waals surface area contributed by atoms with Crippen LogP contribution in [-0.2, 0) is 4.79 Å². The van der Waals surface area contributed by atoms with Crippen LogP contribution < -0.4 is 5.32 Å². The quantitative estimate of drug-likeness (QED) is 0.668. The Bertz CT molecular complexity index is 501. The van der Waals surface area contributed by atoms with Crippen molar-refractivity contribution in [2.24, 2.45) is 5.41 Å². The van der Waals surface area contributed by atoms with Crippen LogP contribution in [-0.4, -0.2) is 10.9 Å². The van der Waals surface area contributed by atoms with Gasteiger partial charge < -0.3 is 5.32 Å². The maximum atomic E-state index is 12.5. The van der Waals surface area contributed by atoms with E-state index in [0.717, 1.165) is 31.3 Å². The number of nitrogens with zero attached hydrogens (tertiary/aromatic N) is 1. The van der Waals surface area contributed by atoms with Crippen LogP contribution in [0, 0.1) is 5.41 Å². The molecular formula is C15H17ClN2O. The summed E-state index contributed by atoms with van der Waals surface area (Å²) in [6.45, 7) is 7.73. The van der Waals surface area contributed by atoms with E-state index in [-0.39, 0.29) is 5.91 Å². The van der Waals surface area contributed by atoms with Crippen molar-refractivity contribution in [3.8, 4) is 0 Å². The Labute approximate surface area is 118 Å². The van der Waals surface area contributed by atoms with Gasteiger partial charge in [-0.25, -0.2) is 4.98 Å². The Morgan fingerprint density at radius 2 is 2.11 bits per heavy atom. The van der Waals surface area contributed by atoms with Gasteiger partial charge in [0.25, 0.3) is 0 Å². The summed E-state index contributed by atoms with van der Waals surface area (Å²) in [4.78, 5) is 16.5. The van der Waals surface area contributed by atoms with Crippen LogP contribution in [0.4, 0.5) is 5.69 Å². The van der Waals surface area contributed by atoms with E-state index in [1.165, 1.54) is 0 Å². The zero-order valence-corrected chi connectivity index (χ0v) is 11.5. The molecule has 19 heavy (non-hydrogen) atoms. The molecule has 0 spiro atoms. The summed E-state index contributed by atoms with van der Waals surface area (Å²) in [6.07, 6.45) is 6.97. The first kappa shape index (κ1) is 13.8. The van der Waals surface area contributed by atoms with Gasteiger partial charge in [0.05, 0.1) is 17.3 Å². The van der Waals surface area contributed by atoms with E-state index in [4.69, 9.17) is 11.6 Å². The standard InChI is InChI=1S/C15H17ClN2O/c1-3-11(2)15(8-4-5-9-15)14(19)18-12-6-7-13(16)17-10-12/h3,6-7,10H,1-2,4-5,8-9H2,(H,18,19). The van der Waals surface area contributed by atoms with Crippen molar-refractivity contribution in [3.05, 3.63) is 48.3 Å². The molecule has 1 heterocycles. The number of halogens is 1. The van der Waals surface area contributed by atoms with Crippen LogP contribution in [0.3, 0.4) is 0 Å². The molecule has 0 bridgehead atoms. The fourth-order valence-corrected chi connectivity index (χ4v) is 2.68. The smallest absolute Gasteiger partial charge is 0.235 e. The molecule has 1 aliphatic carbocycles. The van der Waals surface area contributed by atoms with Gasteiger partial charge in [-0.3, -0.25) is 4.79 Å². The zero-order valence-electron chi connectivity index (χ0n) is 10.8. The fourth-order valence-electron chi connectivity index (χ4n) is 2.57. The number of allylic oxidation sites excluding steroid dienone is 1. The number of aromatic nitrogens is 1. The summed E-state index contributed by atoms with van der Waals surface area (Å²) in [5.41, 5.74) is 0.934. The third-order valence-electron chi connectivity index (χ3n) is 3.74. The normalized spacial score (nSPS) is 16.9. The number of carbonyl (C=O) groups is 1. The third kappa shape index (κ3) is 2.71.